The van der Waals surface area contributed by atoms with E-state index in [1.807, 2.05) is 0 Å². The van der Waals surface area contributed by atoms with Gasteiger partial charge in [0.15, 0.2) is 12.2 Å². The zero-order valence-electron chi connectivity index (χ0n) is 12.2. The lowest BCUT2D eigenvalue weighted by Crippen LogP contribution is -2.32. The second kappa shape index (κ2) is 9.23. The van der Waals surface area contributed by atoms with Gasteiger partial charge in [-0.15, -0.1) is 0 Å². The van der Waals surface area contributed by atoms with Gasteiger partial charge in [-0.25, -0.2) is 9.59 Å². The summed E-state index contributed by atoms with van der Waals surface area (Å²) in [6.07, 6.45) is -18.5. The number of hydrogen-bond donors (Lipinski definition) is 0. The fourth-order valence-corrected chi connectivity index (χ4v) is 2.17. The normalized spacial score (nSPS) is 16.2. The van der Waals surface area contributed by atoms with E-state index in [0.29, 0.717) is 14.2 Å². The SMILES string of the molecule is COC(=O)C(CC(F)(F)F)O[PH](=O)OC(CC(F)(F)F)C(=O)OC. The van der Waals surface area contributed by atoms with Crippen LogP contribution in [0.15, 0.2) is 0 Å². The average Bonchev–Trinajstić information content (AvgIpc) is 2.41. The molecule has 0 N–H and O–H groups in total. The first-order valence-electron chi connectivity index (χ1n) is 5.95. The molecule has 0 radical (unpaired) electrons. The van der Waals surface area contributed by atoms with Crippen molar-refractivity contribution in [1.82, 2.24) is 0 Å². The Labute approximate surface area is 132 Å². The zero-order chi connectivity index (χ0) is 19.1. The standard InChI is InChI=1S/C10H13F6O7P/c1-20-7(17)5(3-9(11,12)13)22-24(19)23-6(8(18)21-2)4-10(14,15)16/h5-6,24H,3-4H2,1-2H3. The zero-order valence-corrected chi connectivity index (χ0v) is 13.2. The molecule has 0 rings (SSSR count). The van der Waals surface area contributed by atoms with Gasteiger partial charge in [-0.05, 0) is 0 Å². The Bertz CT molecular complexity index is 424. The van der Waals surface area contributed by atoms with Crippen LogP contribution in [-0.4, -0.2) is 50.7 Å². The molecule has 0 aliphatic carbocycles. The van der Waals surface area contributed by atoms with E-state index in [1.165, 1.54) is 0 Å². The molecule has 0 aliphatic heterocycles. The number of carbonyl (C=O) groups is 2. The molecule has 0 aromatic carbocycles. The molecule has 7 nitrogen and oxygen atoms in total. The summed E-state index contributed by atoms with van der Waals surface area (Å²) in [7, 11) is -2.66. The first-order chi connectivity index (χ1) is 10.8. The number of methoxy groups -OCH3 is 2. The highest BCUT2D eigenvalue weighted by atomic mass is 31.1. The number of esters is 2. The van der Waals surface area contributed by atoms with Crippen molar-refractivity contribution in [1.29, 1.82) is 0 Å². The molecule has 0 heterocycles. The van der Waals surface area contributed by atoms with Crippen molar-refractivity contribution < 1.29 is 59.0 Å². The van der Waals surface area contributed by atoms with E-state index in [1.54, 1.807) is 0 Å². The summed E-state index contributed by atoms with van der Waals surface area (Å²) >= 11 is 0. The molecule has 0 spiro atoms. The van der Waals surface area contributed by atoms with E-state index in [4.69, 9.17) is 0 Å². The lowest BCUT2D eigenvalue weighted by atomic mass is 10.2. The van der Waals surface area contributed by atoms with Crippen LogP contribution in [0, 0.1) is 0 Å². The van der Waals surface area contributed by atoms with Crippen LogP contribution in [-0.2, 0) is 32.7 Å². The van der Waals surface area contributed by atoms with Crippen LogP contribution in [0.1, 0.15) is 12.8 Å². The highest BCUT2D eigenvalue weighted by molar-refractivity contribution is 7.33. The van der Waals surface area contributed by atoms with Gasteiger partial charge in [0.05, 0.1) is 27.1 Å². The van der Waals surface area contributed by atoms with Crippen LogP contribution in [0.5, 0.6) is 0 Å². The molecule has 0 fully saturated rings. The lowest BCUT2D eigenvalue weighted by Gasteiger charge is -2.20. The Balaban J connectivity index is 5.00. The van der Waals surface area contributed by atoms with Gasteiger partial charge in [-0.1, -0.05) is 0 Å². The van der Waals surface area contributed by atoms with Gasteiger partial charge < -0.3 is 9.47 Å². The maximum atomic E-state index is 12.3. The monoisotopic (exact) mass is 390 g/mol. The highest BCUT2D eigenvalue weighted by Crippen LogP contribution is 2.36. The smallest absolute Gasteiger partial charge is 0.392 e. The summed E-state index contributed by atoms with van der Waals surface area (Å²) in [6, 6.07) is 0. The Morgan fingerprint density at radius 2 is 1.12 bits per heavy atom. The van der Waals surface area contributed by atoms with Crippen molar-refractivity contribution in [3.8, 4) is 0 Å². The molecule has 2 atom stereocenters. The molecule has 0 amide bonds. The molecule has 0 saturated carbocycles. The van der Waals surface area contributed by atoms with Gasteiger partial charge in [0.2, 0.25) is 0 Å². The maximum Gasteiger partial charge on any atom is 0.392 e. The number of hydrogen-bond acceptors (Lipinski definition) is 7. The van der Waals surface area contributed by atoms with E-state index >= 15 is 0 Å². The van der Waals surface area contributed by atoms with E-state index in [2.05, 4.69) is 18.5 Å². The molecule has 0 aromatic heterocycles. The molecule has 14 heteroatoms. The fourth-order valence-electron chi connectivity index (χ4n) is 1.29. The summed E-state index contributed by atoms with van der Waals surface area (Å²) in [5, 5.41) is 0. The molecular formula is C10H13F6O7P. The third kappa shape index (κ3) is 9.73. The van der Waals surface area contributed by atoms with Crippen LogP contribution in [0.25, 0.3) is 0 Å². The minimum Gasteiger partial charge on any atom is -0.467 e. The second-order valence-electron chi connectivity index (χ2n) is 4.15. The van der Waals surface area contributed by atoms with Crippen molar-refractivity contribution in [3.63, 3.8) is 0 Å². The van der Waals surface area contributed by atoms with Crippen LogP contribution in [0.2, 0.25) is 0 Å². The Morgan fingerprint density at radius 1 is 0.833 bits per heavy atom. The third-order valence-electron chi connectivity index (χ3n) is 2.24. The molecule has 142 valence electrons. The fraction of sp³-hybridized carbons (Fsp3) is 0.800. The van der Waals surface area contributed by atoms with Gasteiger partial charge in [0, 0.05) is 0 Å². The summed E-state index contributed by atoms with van der Waals surface area (Å²) in [4.78, 5) is 22.3. The molecule has 0 aromatic rings. The minimum absolute atomic E-state index is 0.716. The predicted molar refractivity (Wildman–Crippen MR) is 64.1 cm³/mol. The van der Waals surface area contributed by atoms with Crippen molar-refractivity contribution in [2.45, 2.75) is 37.4 Å². The average molecular weight is 390 g/mol. The van der Waals surface area contributed by atoms with E-state index in [-0.39, 0.29) is 0 Å². The Hall–Kier alpha value is -1.33. The topological polar surface area (TPSA) is 88.1 Å². The van der Waals surface area contributed by atoms with E-state index in [0.717, 1.165) is 0 Å². The van der Waals surface area contributed by atoms with Gasteiger partial charge in [-0.2, -0.15) is 26.3 Å². The molecule has 0 saturated heterocycles. The van der Waals surface area contributed by atoms with E-state index in [9.17, 15) is 40.5 Å². The summed E-state index contributed by atoms with van der Waals surface area (Å²) in [6.45, 7) is 0. The molecule has 0 aliphatic rings. The van der Waals surface area contributed by atoms with Crippen molar-refractivity contribution in [3.05, 3.63) is 0 Å². The van der Waals surface area contributed by atoms with Crippen LogP contribution in [0.4, 0.5) is 26.3 Å². The second-order valence-corrected chi connectivity index (χ2v) is 5.12. The maximum absolute atomic E-state index is 12.3. The molecular weight excluding hydrogens is 377 g/mol. The van der Waals surface area contributed by atoms with Gasteiger partial charge in [-0.3, -0.25) is 13.6 Å². The predicted octanol–water partition coefficient (Wildman–Crippen LogP) is 2.40. The van der Waals surface area contributed by atoms with Crippen molar-refractivity contribution in [2.24, 2.45) is 0 Å². The third-order valence-corrected chi connectivity index (χ3v) is 3.19. The minimum atomic E-state index is -4.92. The number of carbonyl (C=O) groups excluding carboxylic acids is 2. The lowest BCUT2D eigenvalue weighted by molar-refractivity contribution is -0.176. The number of ether oxygens (including phenoxy) is 2. The van der Waals surface area contributed by atoms with Crippen molar-refractivity contribution in [2.75, 3.05) is 14.2 Å². The quantitative estimate of drug-likeness (QED) is 0.357. The molecule has 2 unspecified atom stereocenters. The van der Waals surface area contributed by atoms with E-state index < -0.39 is 57.6 Å². The number of rotatable bonds is 8. The van der Waals surface area contributed by atoms with Crippen LogP contribution < -0.4 is 0 Å². The molecule has 0 bridgehead atoms. The molecule has 24 heavy (non-hydrogen) atoms. The van der Waals surface area contributed by atoms with Gasteiger partial charge >= 0.3 is 32.5 Å². The summed E-state index contributed by atoms with van der Waals surface area (Å²) < 4.78 is 101. The Morgan fingerprint density at radius 3 is 1.33 bits per heavy atom. The number of halogens is 6. The first kappa shape index (κ1) is 22.7. The first-order valence-corrected chi connectivity index (χ1v) is 7.18. The van der Waals surface area contributed by atoms with Crippen molar-refractivity contribution >= 4 is 20.2 Å². The summed E-state index contributed by atoms with van der Waals surface area (Å²) in [5.74, 6) is -3.14. The van der Waals surface area contributed by atoms with Gasteiger partial charge in [0.1, 0.15) is 0 Å². The van der Waals surface area contributed by atoms with Crippen LogP contribution >= 0.6 is 8.25 Å². The highest BCUT2D eigenvalue weighted by Gasteiger charge is 2.40. The van der Waals surface area contributed by atoms with Gasteiger partial charge in [0.25, 0.3) is 0 Å². The number of alkyl halides is 6. The summed E-state index contributed by atoms with van der Waals surface area (Å²) in [5.41, 5.74) is 0. The van der Waals surface area contributed by atoms with Crippen LogP contribution in [0.3, 0.4) is 0 Å². The largest absolute Gasteiger partial charge is 0.467 e. The Kier molecular flexibility index (Phi) is 8.72.